The molecule has 0 bridgehead atoms. The van der Waals surface area contributed by atoms with Crippen molar-refractivity contribution in [3.63, 3.8) is 0 Å². The number of methoxy groups -OCH3 is 1. The van der Waals surface area contributed by atoms with E-state index in [1.54, 1.807) is 11.8 Å². The number of carbonyl (C=O) groups excluding carboxylic acids is 1. The lowest BCUT2D eigenvalue weighted by Crippen LogP contribution is -2.43. The molecule has 4 rings (SSSR count). The van der Waals surface area contributed by atoms with Gasteiger partial charge in [-0.2, -0.15) is 0 Å². The van der Waals surface area contributed by atoms with E-state index in [4.69, 9.17) is 14.2 Å². The van der Waals surface area contributed by atoms with Crippen molar-refractivity contribution in [3.05, 3.63) is 24.3 Å². The van der Waals surface area contributed by atoms with Crippen LogP contribution in [0.5, 0.6) is 5.75 Å². The largest absolute Gasteiger partial charge is 0.497 e. The third-order valence-corrected chi connectivity index (χ3v) is 4.55. The third-order valence-electron chi connectivity index (χ3n) is 4.55. The number of tetrazole rings is 1. The highest BCUT2D eigenvalue weighted by Gasteiger charge is 2.49. The Kier molecular flexibility index (Phi) is 4.10. The summed E-state index contributed by atoms with van der Waals surface area (Å²) in [7, 11) is 1.62. The Morgan fingerprint density at radius 3 is 2.96 bits per heavy atom. The van der Waals surface area contributed by atoms with Gasteiger partial charge in [0.1, 0.15) is 24.0 Å². The van der Waals surface area contributed by atoms with E-state index in [-0.39, 0.29) is 30.2 Å². The van der Waals surface area contributed by atoms with Gasteiger partial charge in [0.2, 0.25) is 5.91 Å². The Morgan fingerprint density at radius 1 is 1.32 bits per heavy atom. The fraction of sp³-hybridized carbons (Fsp3) is 0.500. The van der Waals surface area contributed by atoms with Gasteiger partial charge in [0.15, 0.2) is 5.82 Å². The van der Waals surface area contributed by atoms with Crippen LogP contribution in [0, 0.1) is 0 Å². The fourth-order valence-corrected chi connectivity index (χ4v) is 3.44. The van der Waals surface area contributed by atoms with E-state index in [0.29, 0.717) is 19.0 Å². The van der Waals surface area contributed by atoms with Gasteiger partial charge in [-0.3, -0.25) is 4.79 Å². The van der Waals surface area contributed by atoms with Crippen molar-refractivity contribution in [2.75, 3.05) is 20.3 Å². The smallest absolute Gasteiger partial charge is 0.217 e. The summed E-state index contributed by atoms with van der Waals surface area (Å²) in [6.45, 7) is 2.33. The Balaban J connectivity index is 1.60. The summed E-state index contributed by atoms with van der Waals surface area (Å²) in [4.78, 5) is 11.3. The van der Waals surface area contributed by atoms with Crippen LogP contribution in [0.3, 0.4) is 0 Å². The summed E-state index contributed by atoms with van der Waals surface area (Å²) in [5.74, 6) is 1.26. The molecule has 0 spiro atoms. The molecule has 1 aromatic heterocycles. The number of fused-ring (bicyclic) bond motifs is 1. The molecule has 2 aliphatic rings. The van der Waals surface area contributed by atoms with E-state index in [0.717, 1.165) is 11.3 Å². The molecular formula is C16H19N5O4. The molecule has 25 heavy (non-hydrogen) atoms. The van der Waals surface area contributed by atoms with Gasteiger partial charge in [-0.05, 0) is 22.6 Å². The molecule has 2 saturated heterocycles. The third kappa shape index (κ3) is 2.85. The molecule has 2 aliphatic heterocycles. The van der Waals surface area contributed by atoms with Gasteiger partial charge >= 0.3 is 0 Å². The molecule has 1 amide bonds. The van der Waals surface area contributed by atoms with Crippen LogP contribution in [-0.2, 0) is 14.3 Å². The predicted molar refractivity (Wildman–Crippen MR) is 85.9 cm³/mol. The first kappa shape index (κ1) is 16.0. The topological polar surface area (TPSA) is 100 Å². The van der Waals surface area contributed by atoms with Gasteiger partial charge in [0, 0.05) is 12.5 Å². The number of hydrogen-bond donors (Lipinski definition) is 1. The average molecular weight is 345 g/mol. The number of ether oxygens (including phenoxy) is 3. The van der Waals surface area contributed by atoms with Crippen molar-refractivity contribution in [2.24, 2.45) is 0 Å². The summed E-state index contributed by atoms with van der Waals surface area (Å²) in [6.07, 6.45) is -0.402. The van der Waals surface area contributed by atoms with E-state index < -0.39 is 0 Å². The number of carbonyl (C=O) groups is 1. The molecule has 0 aliphatic carbocycles. The summed E-state index contributed by atoms with van der Waals surface area (Å²) in [5, 5.41) is 15.0. The Bertz CT molecular complexity index is 779. The minimum Gasteiger partial charge on any atom is -0.497 e. The number of nitrogens with zero attached hydrogens (tertiary/aromatic N) is 4. The first-order valence-electron chi connectivity index (χ1n) is 8.10. The van der Waals surface area contributed by atoms with Gasteiger partial charge in [-0.15, -0.1) is 5.10 Å². The predicted octanol–water partition coefficient (Wildman–Crippen LogP) is 0.192. The molecule has 0 saturated carbocycles. The molecule has 0 radical (unpaired) electrons. The van der Waals surface area contributed by atoms with Crippen molar-refractivity contribution in [1.29, 1.82) is 0 Å². The summed E-state index contributed by atoms with van der Waals surface area (Å²) in [6, 6.07) is 7.26. The lowest BCUT2D eigenvalue weighted by molar-refractivity contribution is -0.120. The van der Waals surface area contributed by atoms with Crippen LogP contribution < -0.4 is 10.1 Å². The van der Waals surface area contributed by atoms with E-state index in [9.17, 15) is 4.79 Å². The molecule has 9 heteroatoms. The number of hydrogen-bond acceptors (Lipinski definition) is 7. The maximum atomic E-state index is 11.3. The summed E-state index contributed by atoms with van der Waals surface area (Å²) in [5.41, 5.74) is 0.851. The minimum atomic E-state index is -0.204. The van der Waals surface area contributed by atoms with E-state index in [2.05, 4.69) is 20.8 Å². The quantitative estimate of drug-likeness (QED) is 0.844. The lowest BCUT2D eigenvalue weighted by Gasteiger charge is -2.17. The van der Waals surface area contributed by atoms with Crippen LogP contribution >= 0.6 is 0 Å². The minimum absolute atomic E-state index is 0.0965. The van der Waals surface area contributed by atoms with Crippen LogP contribution in [0.4, 0.5) is 0 Å². The fourth-order valence-electron chi connectivity index (χ4n) is 3.44. The number of rotatable bonds is 4. The molecule has 0 unspecified atom stereocenters. The summed E-state index contributed by atoms with van der Waals surface area (Å²) >= 11 is 0. The van der Waals surface area contributed by atoms with Crippen molar-refractivity contribution in [1.82, 2.24) is 25.5 Å². The average Bonchev–Trinajstić information content (AvgIpc) is 3.31. The highest BCUT2D eigenvalue weighted by molar-refractivity contribution is 5.73. The number of benzene rings is 1. The maximum absolute atomic E-state index is 11.3. The van der Waals surface area contributed by atoms with E-state index in [1.807, 2.05) is 24.3 Å². The standard InChI is InChI=1S/C16H19N5O4/c1-9(22)17-12-7-24-15-13(8-25-14(12)15)21-16(18-19-20-21)10-4-3-5-11(6-10)23-2/h3-6,12-15H,7-8H2,1-2H3,(H,17,22)/t12-,13-,14+,15+/m0/s1. The molecule has 1 aromatic carbocycles. The monoisotopic (exact) mass is 345 g/mol. The Labute approximate surface area is 144 Å². The van der Waals surface area contributed by atoms with Gasteiger partial charge in [0.25, 0.3) is 0 Å². The van der Waals surface area contributed by atoms with Crippen LogP contribution in [0.15, 0.2) is 24.3 Å². The van der Waals surface area contributed by atoms with E-state index >= 15 is 0 Å². The van der Waals surface area contributed by atoms with Crippen molar-refractivity contribution in [3.8, 4) is 17.1 Å². The van der Waals surface area contributed by atoms with Crippen LogP contribution in [0.2, 0.25) is 0 Å². The lowest BCUT2D eigenvalue weighted by atomic mass is 10.1. The molecule has 2 fully saturated rings. The molecular weight excluding hydrogens is 326 g/mol. The first-order valence-corrected chi connectivity index (χ1v) is 8.10. The number of aromatic nitrogens is 4. The molecule has 3 heterocycles. The van der Waals surface area contributed by atoms with Crippen molar-refractivity contribution >= 4 is 5.91 Å². The number of nitrogens with one attached hydrogen (secondary N) is 1. The second-order valence-corrected chi connectivity index (χ2v) is 6.15. The Hall–Kier alpha value is -2.52. The zero-order chi connectivity index (χ0) is 17.4. The zero-order valence-corrected chi connectivity index (χ0v) is 14.0. The van der Waals surface area contributed by atoms with Crippen LogP contribution in [0.1, 0.15) is 13.0 Å². The number of amides is 1. The van der Waals surface area contributed by atoms with Gasteiger partial charge in [-0.1, -0.05) is 12.1 Å². The van der Waals surface area contributed by atoms with Gasteiger partial charge in [-0.25, -0.2) is 4.68 Å². The molecule has 9 nitrogen and oxygen atoms in total. The zero-order valence-electron chi connectivity index (χ0n) is 14.0. The van der Waals surface area contributed by atoms with Gasteiger partial charge < -0.3 is 19.5 Å². The van der Waals surface area contributed by atoms with Crippen molar-refractivity contribution < 1.29 is 19.0 Å². The van der Waals surface area contributed by atoms with E-state index in [1.165, 1.54) is 6.92 Å². The molecule has 1 N–H and O–H groups in total. The normalized spacial score (nSPS) is 27.9. The Morgan fingerprint density at radius 2 is 2.16 bits per heavy atom. The van der Waals surface area contributed by atoms with Gasteiger partial charge in [0.05, 0.1) is 26.4 Å². The van der Waals surface area contributed by atoms with Crippen LogP contribution in [-0.4, -0.2) is 64.7 Å². The highest BCUT2D eigenvalue weighted by Crippen LogP contribution is 2.36. The molecule has 2 aromatic rings. The molecule has 132 valence electrons. The first-order chi connectivity index (χ1) is 12.2. The second-order valence-electron chi connectivity index (χ2n) is 6.15. The summed E-state index contributed by atoms with van der Waals surface area (Å²) < 4.78 is 18.8. The molecule has 4 atom stereocenters. The maximum Gasteiger partial charge on any atom is 0.217 e. The highest BCUT2D eigenvalue weighted by atomic mass is 16.6. The SMILES string of the molecule is COc1cccc(-c2nnnn2[C@H]2CO[C@H]3[C@@H]2OC[C@@H]3NC(C)=O)c1. The van der Waals surface area contributed by atoms with Crippen molar-refractivity contribution in [2.45, 2.75) is 31.2 Å². The van der Waals surface area contributed by atoms with Crippen LogP contribution in [0.25, 0.3) is 11.4 Å². The second kappa shape index (κ2) is 6.41.